The molecule has 2 amide bonds. The van der Waals surface area contributed by atoms with Crippen molar-refractivity contribution >= 4 is 17.6 Å². The number of ether oxygens (including phenoxy) is 1. The second-order valence-corrected chi connectivity index (χ2v) is 5.75. The van der Waals surface area contributed by atoms with Gasteiger partial charge in [0.05, 0.1) is 12.6 Å². The molecule has 116 valence electrons. The highest BCUT2D eigenvalue weighted by atomic mass is 35.5. The van der Waals surface area contributed by atoms with Crippen molar-refractivity contribution in [2.45, 2.75) is 32.0 Å². The average Bonchev–Trinajstić information content (AvgIpc) is 2.45. The van der Waals surface area contributed by atoms with Crippen molar-refractivity contribution in [3.8, 4) is 5.75 Å². The Balaban J connectivity index is 1.75. The maximum absolute atomic E-state index is 12.0. The van der Waals surface area contributed by atoms with Gasteiger partial charge in [0.2, 0.25) is 0 Å². The predicted octanol–water partition coefficient (Wildman–Crippen LogP) is 2.27. The number of carbonyl (C=O) groups is 1. The first kappa shape index (κ1) is 15.9. The van der Waals surface area contributed by atoms with E-state index in [-0.39, 0.29) is 12.1 Å². The Kier molecular flexibility index (Phi) is 5.70. The number of likely N-dealkylation sites (tertiary alicyclic amines) is 1. The Labute approximate surface area is 129 Å². The normalized spacial score (nSPS) is 20.0. The van der Waals surface area contributed by atoms with Crippen LogP contribution in [-0.4, -0.2) is 47.9 Å². The number of rotatable bonds is 4. The van der Waals surface area contributed by atoms with Crippen LogP contribution in [0.2, 0.25) is 5.02 Å². The largest absolute Gasteiger partial charge is 0.489 e. The Hall–Kier alpha value is -1.46. The summed E-state index contributed by atoms with van der Waals surface area (Å²) in [5.41, 5.74) is 0. The number of nitrogens with one attached hydrogen (secondary N) is 1. The lowest BCUT2D eigenvalue weighted by Gasteiger charge is -2.30. The molecule has 2 atom stereocenters. The van der Waals surface area contributed by atoms with Crippen LogP contribution in [0, 0.1) is 0 Å². The van der Waals surface area contributed by atoms with E-state index in [0.29, 0.717) is 30.4 Å². The third kappa shape index (κ3) is 5.10. The smallest absolute Gasteiger partial charge is 0.317 e. The fraction of sp³-hybridized carbons (Fsp3) is 0.533. The zero-order valence-corrected chi connectivity index (χ0v) is 12.8. The molecular weight excluding hydrogens is 292 g/mol. The van der Waals surface area contributed by atoms with Gasteiger partial charge in [-0.05, 0) is 38.0 Å². The minimum Gasteiger partial charge on any atom is -0.489 e. The highest BCUT2D eigenvalue weighted by Crippen LogP contribution is 2.18. The van der Waals surface area contributed by atoms with Gasteiger partial charge in [0.15, 0.2) is 0 Å². The van der Waals surface area contributed by atoms with Crippen LogP contribution in [0.4, 0.5) is 4.79 Å². The summed E-state index contributed by atoms with van der Waals surface area (Å²) in [7, 11) is 0. The number of amides is 2. The predicted molar refractivity (Wildman–Crippen MR) is 81.8 cm³/mol. The molecule has 21 heavy (non-hydrogen) atoms. The summed E-state index contributed by atoms with van der Waals surface area (Å²) in [6, 6.07) is 7.00. The van der Waals surface area contributed by atoms with Crippen LogP contribution in [0.3, 0.4) is 0 Å². The number of urea groups is 1. The van der Waals surface area contributed by atoms with Crippen molar-refractivity contribution in [3.63, 3.8) is 0 Å². The first-order valence-electron chi connectivity index (χ1n) is 7.17. The first-order chi connectivity index (χ1) is 10.0. The molecule has 1 aromatic carbocycles. The molecule has 0 bridgehead atoms. The van der Waals surface area contributed by atoms with Crippen LogP contribution >= 0.6 is 11.6 Å². The van der Waals surface area contributed by atoms with Gasteiger partial charge < -0.3 is 20.1 Å². The summed E-state index contributed by atoms with van der Waals surface area (Å²) in [6.07, 6.45) is 1.02. The number of hydrogen-bond donors (Lipinski definition) is 2. The summed E-state index contributed by atoms with van der Waals surface area (Å²) < 4.78 is 5.69. The lowest BCUT2D eigenvalue weighted by molar-refractivity contribution is 0.0832. The van der Waals surface area contributed by atoms with Crippen molar-refractivity contribution in [1.29, 1.82) is 0 Å². The van der Waals surface area contributed by atoms with Crippen LogP contribution in [-0.2, 0) is 0 Å². The van der Waals surface area contributed by atoms with Crippen LogP contribution in [0.1, 0.15) is 19.8 Å². The molecule has 1 aliphatic rings. The van der Waals surface area contributed by atoms with Gasteiger partial charge in [-0.15, -0.1) is 0 Å². The van der Waals surface area contributed by atoms with Crippen LogP contribution in [0.5, 0.6) is 5.75 Å². The summed E-state index contributed by atoms with van der Waals surface area (Å²) >= 11 is 5.89. The van der Waals surface area contributed by atoms with Gasteiger partial charge in [-0.25, -0.2) is 4.79 Å². The van der Waals surface area contributed by atoms with Gasteiger partial charge in [0.1, 0.15) is 11.9 Å². The van der Waals surface area contributed by atoms with Crippen molar-refractivity contribution in [3.05, 3.63) is 29.3 Å². The molecule has 5 nitrogen and oxygen atoms in total. The van der Waals surface area contributed by atoms with Crippen LogP contribution < -0.4 is 10.1 Å². The molecule has 1 aromatic rings. The number of hydrogen-bond acceptors (Lipinski definition) is 3. The number of aliphatic hydroxyl groups excluding tert-OH is 1. The van der Waals surface area contributed by atoms with E-state index in [1.54, 1.807) is 17.0 Å². The number of aliphatic hydroxyl groups is 1. The summed E-state index contributed by atoms with van der Waals surface area (Å²) in [5.74, 6) is 0.678. The molecule has 0 spiro atoms. The van der Waals surface area contributed by atoms with Crippen LogP contribution in [0.15, 0.2) is 24.3 Å². The molecule has 1 fully saturated rings. The summed E-state index contributed by atoms with van der Waals surface area (Å²) in [6.45, 7) is 3.37. The molecule has 0 aromatic heterocycles. The van der Waals surface area contributed by atoms with Crippen LogP contribution in [0.25, 0.3) is 0 Å². The lowest BCUT2D eigenvalue weighted by Crippen LogP contribution is -2.48. The number of carbonyl (C=O) groups excluding carboxylic acids is 1. The van der Waals surface area contributed by atoms with Crippen molar-refractivity contribution in [2.24, 2.45) is 0 Å². The average molecular weight is 313 g/mol. The zero-order valence-electron chi connectivity index (χ0n) is 12.1. The standard InChI is InChI=1S/C15H21ClN2O3/c1-11(21-14-6-2-4-12(16)8-14)9-17-15(20)18-7-3-5-13(19)10-18/h2,4,6,8,11,13,19H,3,5,7,9-10H2,1H3,(H,17,20)/t11-,13+/m0/s1. The van der Waals surface area contributed by atoms with E-state index < -0.39 is 6.10 Å². The lowest BCUT2D eigenvalue weighted by atomic mass is 10.1. The molecule has 6 heteroatoms. The Morgan fingerprint density at radius 3 is 3.14 bits per heavy atom. The Morgan fingerprint density at radius 2 is 2.43 bits per heavy atom. The maximum atomic E-state index is 12.0. The maximum Gasteiger partial charge on any atom is 0.317 e. The third-order valence-corrected chi connectivity index (χ3v) is 3.59. The summed E-state index contributed by atoms with van der Waals surface area (Å²) in [5, 5.41) is 13.0. The highest BCUT2D eigenvalue weighted by molar-refractivity contribution is 6.30. The van der Waals surface area contributed by atoms with Crippen molar-refractivity contribution < 1.29 is 14.6 Å². The SMILES string of the molecule is C[C@@H](CNC(=O)N1CCC[C@@H](O)C1)Oc1cccc(Cl)c1. The molecule has 0 saturated carbocycles. The molecule has 2 N–H and O–H groups in total. The minimum atomic E-state index is -0.412. The van der Waals surface area contributed by atoms with E-state index in [1.807, 2.05) is 19.1 Å². The van der Waals surface area contributed by atoms with Crippen molar-refractivity contribution in [1.82, 2.24) is 10.2 Å². The third-order valence-electron chi connectivity index (χ3n) is 3.36. The number of nitrogens with zero attached hydrogens (tertiary/aromatic N) is 1. The Morgan fingerprint density at radius 1 is 1.62 bits per heavy atom. The number of halogens is 1. The highest BCUT2D eigenvalue weighted by Gasteiger charge is 2.22. The van der Waals surface area contributed by atoms with E-state index in [2.05, 4.69) is 5.32 Å². The fourth-order valence-corrected chi connectivity index (χ4v) is 2.48. The van der Waals surface area contributed by atoms with E-state index in [9.17, 15) is 9.90 Å². The second-order valence-electron chi connectivity index (χ2n) is 5.31. The molecule has 2 rings (SSSR count). The molecule has 1 saturated heterocycles. The van der Waals surface area contributed by atoms with Gasteiger partial charge in [-0.3, -0.25) is 0 Å². The molecular formula is C15H21ClN2O3. The van der Waals surface area contributed by atoms with E-state index in [0.717, 1.165) is 12.8 Å². The topological polar surface area (TPSA) is 61.8 Å². The van der Waals surface area contributed by atoms with Gasteiger partial charge in [-0.1, -0.05) is 17.7 Å². The monoisotopic (exact) mass is 312 g/mol. The fourth-order valence-electron chi connectivity index (χ4n) is 2.30. The van der Waals surface area contributed by atoms with Gasteiger partial charge >= 0.3 is 6.03 Å². The van der Waals surface area contributed by atoms with Gasteiger partial charge in [0, 0.05) is 18.1 Å². The molecule has 1 aliphatic heterocycles. The van der Waals surface area contributed by atoms with E-state index >= 15 is 0 Å². The van der Waals surface area contributed by atoms with Gasteiger partial charge in [-0.2, -0.15) is 0 Å². The molecule has 0 aliphatic carbocycles. The molecule has 1 heterocycles. The van der Waals surface area contributed by atoms with E-state index in [1.165, 1.54) is 0 Å². The number of piperidine rings is 1. The minimum absolute atomic E-state index is 0.157. The quantitative estimate of drug-likeness (QED) is 0.896. The number of benzene rings is 1. The van der Waals surface area contributed by atoms with Crippen molar-refractivity contribution in [2.75, 3.05) is 19.6 Å². The second kappa shape index (κ2) is 7.52. The molecule has 0 radical (unpaired) electrons. The first-order valence-corrected chi connectivity index (χ1v) is 7.55. The molecule has 0 unspecified atom stereocenters. The van der Waals surface area contributed by atoms with E-state index in [4.69, 9.17) is 16.3 Å². The van der Waals surface area contributed by atoms with Gasteiger partial charge in [0.25, 0.3) is 0 Å². The summed E-state index contributed by atoms with van der Waals surface area (Å²) in [4.78, 5) is 13.6. The Bertz CT molecular complexity index is 484. The number of β-amino-alcohol motifs (C(OH)–C–C–N with tert-alkyl or cyclic N) is 1. The zero-order chi connectivity index (χ0) is 15.2.